The van der Waals surface area contributed by atoms with Crippen LogP contribution in [0.3, 0.4) is 0 Å². The molecule has 0 amide bonds. The molecule has 6 nitrogen and oxygen atoms in total. The Morgan fingerprint density at radius 2 is 0.824 bits per heavy atom. The molecule has 8 heteroatoms. The zero-order valence-corrected chi connectivity index (χ0v) is 25.5. The molecular weight excluding hydrogens is 464 g/mol. The molecule has 0 aliphatic rings. The number of carbonyl (C=O) groups excluding carboxylic acids is 2. The fourth-order valence-corrected chi connectivity index (χ4v) is 6.40. The van der Waals surface area contributed by atoms with Crippen molar-refractivity contribution in [2.45, 2.75) is 141 Å². The predicted molar refractivity (Wildman–Crippen MR) is 145 cm³/mol. The van der Waals surface area contributed by atoms with E-state index in [2.05, 4.69) is 39.3 Å². The van der Waals surface area contributed by atoms with Gasteiger partial charge < -0.3 is 18.3 Å². The first-order valence-electron chi connectivity index (χ1n) is 13.4. The molecule has 2 unspecified atom stereocenters. The van der Waals surface area contributed by atoms with Gasteiger partial charge in [0.05, 0.1) is 26.4 Å². The Morgan fingerprint density at radius 1 is 0.529 bits per heavy atom. The first-order valence-corrected chi connectivity index (χ1v) is 20.2. The topological polar surface area (TPSA) is 71.1 Å². The number of ether oxygens (including phenoxy) is 2. The maximum absolute atomic E-state index is 11.2. The summed E-state index contributed by atoms with van der Waals surface area (Å²) in [6.07, 6.45) is 14.2. The van der Waals surface area contributed by atoms with Gasteiger partial charge in [0.15, 0.2) is 16.6 Å². The van der Waals surface area contributed by atoms with Gasteiger partial charge in [0.1, 0.15) is 0 Å². The van der Waals surface area contributed by atoms with Gasteiger partial charge in [0.2, 0.25) is 0 Å². The predicted octanol–water partition coefficient (Wildman–Crippen LogP) is 7.23. The second kappa shape index (κ2) is 18.5. The molecule has 0 spiro atoms. The summed E-state index contributed by atoms with van der Waals surface area (Å²) in [5.74, 6) is -0.225. The first-order chi connectivity index (χ1) is 15.9. The molecule has 2 atom stereocenters. The highest BCUT2D eigenvalue weighted by Crippen LogP contribution is 2.25. The molecule has 0 saturated carbocycles. The van der Waals surface area contributed by atoms with Crippen molar-refractivity contribution in [3.63, 3.8) is 0 Å². The largest absolute Gasteiger partial charge is 0.469 e. The van der Waals surface area contributed by atoms with Crippen LogP contribution in [0.1, 0.15) is 89.9 Å². The van der Waals surface area contributed by atoms with E-state index in [1.54, 1.807) is 0 Å². The lowest BCUT2D eigenvalue weighted by molar-refractivity contribution is -0.141. The van der Waals surface area contributed by atoms with Crippen LogP contribution in [-0.4, -0.2) is 55.0 Å². The molecule has 34 heavy (non-hydrogen) atoms. The Kier molecular flexibility index (Phi) is 18.2. The highest BCUT2D eigenvalue weighted by Gasteiger charge is 2.31. The summed E-state index contributed by atoms with van der Waals surface area (Å²) in [6, 6.07) is 0. The minimum atomic E-state index is -1.70. The second-order valence-electron chi connectivity index (χ2n) is 11.3. The highest BCUT2D eigenvalue weighted by molar-refractivity contribution is 6.70. The van der Waals surface area contributed by atoms with Crippen LogP contribution in [0.15, 0.2) is 0 Å². The van der Waals surface area contributed by atoms with Crippen molar-refractivity contribution >= 4 is 28.6 Å². The van der Waals surface area contributed by atoms with Gasteiger partial charge in [0, 0.05) is 12.8 Å². The molecule has 0 heterocycles. The summed E-state index contributed by atoms with van der Waals surface area (Å²) in [5.41, 5.74) is 0. The number of esters is 2. The van der Waals surface area contributed by atoms with E-state index >= 15 is 0 Å². The Balaban J connectivity index is 4.66. The average molecular weight is 519 g/mol. The van der Waals surface area contributed by atoms with Crippen molar-refractivity contribution in [3.8, 4) is 0 Å². The maximum Gasteiger partial charge on any atom is 0.305 e. The van der Waals surface area contributed by atoms with Gasteiger partial charge in [-0.25, -0.2) is 0 Å². The fourth-order valence-electron chi connectivity index (χ4n) is 4.04. The van der Waals surface area contributed by atoms with E-state index in [0.29, 0.717) is 12.8 Å². The van der Waals surface area contributed by atoms with Crippen LogP contribution >= 0.6 is 0 Å². The van der Waals surface area contributed by atoms with E-state index < -0.39 is 16.6 Å². The van der Waals surface area contributed by atoms with Gasteiger partial charge >= 0.3 is 11.9 Å². The molecule has 0 aliphatic carbocycles. The lowest BCUT2D eigenvalue weighted by Crippen LogP contribution is -2.44. The monoisotopic (exact) mass is 518 g/mol. The van der Waals surface area contributed by atoms with Crippen molar-refractivity contribution in [2.75, 3.05) is 14.2 Å². The zero-order chi connectivity index (χ0) is 26.0. The number of hydrogen-bond donors (Lipinski definition) is 0. The number of hydrogen-bond acceptors (Lipinski definition) is 6. The number of unbranched alkanes of at least 4 members (excludes halogenated alkanes) is 8. The van der Waals surface area contributed by atoms with E-state index in [0.717, 1.165) is 77.0 Å². The molecule has 0 N–H and O–H groups in total. The van der Waals surface area contributed by atoms with Crippen molar-refractivity contribution in [3.05, 3.63) is 0 Å². The SMILES string of the molecule is COC(=O)CCCCCCCC(O[Si](C)(C)C)C(CCCCCCCC(=O)OC)O[Si](C)(C)C. The number of rotatable bonds is 21. The molecule has 0 radical (unpaired) electrons. The third-order valence-electron chi connectivity index (χ3n) is 5.62. The lowest BCUT2D eigenvalue weighted by Gasteiger charge is -2.36. The van der Waals surface area contributed by atoms with Crippen molar-refractivity contribution in [2.24, 2.45) is 0 Å². The third kappa shape index (κ3) is 20.6. The van der Waals surface area contributed by atoms with Crippen molar-refractivity contribution < 1.29 is 27.9 Å². The Hall–Kier alpha value is -0.706. The molecule has 0 aromatic heterocycles. The molecule has 0 bridgehead atoms. The van der Waals surface area contributed by atoms with Crippen LogP contribution in [-0.2, 0) is 27.9 Å². The number of carbonyl (C=O) groups is 2. The van der Waals surface area contributed by atoms with Gasteiger partial charge in [-0.05, 0) is 65.0 Å². The van der Waals surface area contributed by atoms with Crippen LogP contribution in [0.4, 0.5) is 0 Å². The standard InChI is InChI=1S/C26H54O6Si2/c1-29-25(27)21-17-13-9-11-15-19-23(31-33(3,4)5)24(32-34(6,7)8)20-16-12-10-14-18-22-26(28)30-2/h23-24H,9-22H2,1-8H3. The Morgan fingerprint density at radius 3 is 1.12 bits per heavy atom. The molecule has 0 aromatic rings. The molecule has 202 valence electrons. The normalized spacial score (nSPS) is 14.0. The van der Waals surface area contributed by atoms with Crippen LogP contribution in [0.25, 0.3) is 0 Å². The van der Waals surface area contributed by atoms with Crippen LogP contribution < -0.4 is 0 Å². The summed E-state index contributed by atoms with van der Waals surface area (Å²) >= 11 is 0. The summed E-state index contributed by atoms with van der Waals surface area (Å²) in [5, 5.41) is 0. The lowest BCUT2D eigenvalue weighted by atomic mass is 9.99. The highest BCUT2D eigenvalue weighted by atomic mass is 28.4. The zero-order valence-electron chi connectivity index (χ0n) is 23.5. The van der Waals surface area contributed by atoms with Crippen LogP contribution in [0.2, 0.25) is 39.3 Å². The van der Waals surface area contributed by atoms with Gasteiger partial charge in [0.25, 0.3) is 0 Å². The van der Waals surface area contributed by atoms with Gasteiger partial charge in [-0.3, -0.25) is 9.59 Å². The Bertz CT molecular complexity index is 494. The summed E-state index contributed by atoms with van der Waals surface area (Å²) in [6.45, 7) is 13.6. The molecular formula is C26H54O6Si2. The first kappa shape index (κ1) is 33.3. The maximum atomic E-state index is 11.2. The van der Waals surface area contributed by atoms with E-state index in [1.165, 1.54) is 14.2 Å². The van der Waals surface area contributed by atoms with E-state index in [1.807, 2.05) is 0 Å². The minimum Gasteiger partial charge on any atom is -0.469 e. The number of methoxy groups -OCH3 is 2. The van der Waals surface area contributed by atoms with Crippen molar-refractivity contribution in [1.29, 1.82) is 0 Å². The van der Waals surface area contributed by atoms with E-state index in [4.69, 9.17) is 18.3 Å². The van der Waals surface area contributed by atoms with Crippen molar-refractivity contribution in [1.82, 2.24) is 0 Å². The van der Waals surface area contributed by atoms with Gasteiger partial charge in [-0.1, -0.05) is 51.4 Å². The van der Waals surface area contributed by atoms with E-state index in [9.17, 15) is 9.59 Å². The fraction of sp³-hybridized carbons (Fsp3) is 0.923. The quantitative estimate of drug-likeness (QED) is 0.0906. The summed E-state index contributed by atoms with van der Waals surface area (Å²) in [4.78, 5) is 22.5. The van der Waals surface area contributed by atoms with Crippen LogP contribution in [0, 0.1) is 0 Å². The minimum absolute atomic E-state index is 0.113. The van der Waals surface area contributed by atoms with Gasteiger partial charge in [-0.2, -0.15) is 0 Å². The Labute approximate surface area is 212 Å². The molecule has 0 fully saturated rings. The molecule has 0 rings (SSSR count). The summed E-state index contributed by atoms with van der Waals surface area (Å²) < 4.78 is 22.8. The smallest absolute Gasteiger partial charge is 0.305 e. The molecule has 0 saturated heterocycles. The van der Waals surface area contributed by atoms with E-state index in [-0.39, 0.29) is 24.1 Å². The van der Waals surface area contributed by atoms with Gasteiger partial charge in [-0.15, -0.1) is 0 Å². The summed E-state index contributed by atoms with van der Waals surface area (Å²) in [7, 11) is -0.493. The third-order valence-corrected chi connectivity index (χ3v) is 7.64. The average Bonchev–Trinajstić information content (AvgIpc) is 2.73. The second-order valence-corrected chi connectivity index (χ2v) is 20.2. The molecule has 0 aromatic carbocycles. The van der Waals surface area contributed by atoms with Crippen LogP contribution in [0.5, 0.6) is 0 Å². The molecule has 0 aliphatic heterocycles.